The van der Waals surface area contributed by atoms with Crippen LogP contribution in [0.4, 0.5) is 21.9 Å². The van der Waals surface area contributed by atoms with E-state index in [2.05, 4.69) is 31.9 Å². The van der Waals surface area contributed by atoms with E-state index in [0.29, 0.717) is 29.2 Å². The molecule has 142 valence electrons. The van der Waals surface area contributed by atoms with Gasteiger partial charge >= 0.3 is 6.03 Å². The number of urea groups is 1. The van der Waals surface area contributed by atoms with E-state index in [9.17, 15) is 9.59 Å². The summed E-state index contributed by atoms with van der Waals surface area (Å²) in [6, 6.07) is 21.6. The third-order valence-corrected chi connectivity index (χ3v) is 4.46. The first-order valence-corrected chi connectivity index (χ1v) is 9.36. The fourth-order valence-electron chi connectivity index (χ4n) is 2.62. The Kier molecular flexibility index (Phi) is 6.29. The Balaban J connectivity index is 1.56. The Morgan fingerprint density at radius 1 is 0.857 bits per heavy atom. The van der Waals surface area contributed by atoms with Gasteiger partial charge < -0.3 is 21.7 Å². The molecule has 7 heteroatoms. The molecule has 5 N–H and O–H groups in total. The second-order valence-electron chi connectivity index (χ2n) is 6.05. The molecular weight excluding hydrogens is 420 g/mol. The van der Waals surface area contributed by atoms with Crippen LogP contribution in [0, 0.1) is 0 Å². The van der Waals surface area contributed by atoms with E-state index >= 15 is 0 Å². The maximum atomic E-state index is 12.1. The standard InChI is InChI=1S/C21H19BrN4O2/c22-15-4-3-5-17(12-15)26-21(28)25-16-10-8-14(9-11-16)13-24-19-7-2-1-6-18(19)20(23)27/h1-12,24H,13H2,(H2,23,27)(H2,25,26,28). The summed E-state index contributed by atoms with van der Waals surface area (Å²) in [7, 11) is 0. The highest BCUT2D eigenvalue weighted by Crippen LogP contribution is 2.18. The summed E-state index contributed by atoms with van der Waals surface area (Å²) in [4.78, 5) is 23.6. The van der Waals surface area contributed by atoms with Crippen LogP contribution in [0.5, 0.6) is 0 Å². The number of nitrogens with two attached hydrogens (primary N) is 1. The molecule has 3 aromatic rings. The molecule has 0 aliphatic carbocycles. The van der Waals surface area contributed by atoms with Crippen LogP contribution in [0.25, 0.3) is 0 Å². The lowest BCUT2D eigenvalue weighted by Gasteiger charge is -2.11. The van der Waals surface area contributed by atoms with Crippen molar-refractivity contribution in [3.63, 3.8) is 0 Å². The molecule has 6 nitrogen and oxygen atoms in total. The third-order valence-electron chi connectivity index (χ3n) is 3.97. The van der Waals surface area contributed by atoms with Gasteiger partial charge in [-0.2, -0.15) is 0 Å². The average Bonchev–Trinajstić information content (AvgIpc) is 2.67. The van der Waals surface area contributed by atoms with Crippen molar-refractivity contribution >= 4 is 44.9 Å². The van der Waals surface area contributed by atoms with Gasteiger partial charge in [0.05, 0.1) is 5.56 Å². The van der Waals surface area contributed by atoms with E-state index in [-0.39, 0.29) is 6.03 Å². The number of carbonyl (C=O) groups is 2. The molecule has 0 saturated carbocycles. The van der Waals surface area contributed by atoms with Crippen LogP contribution in [0.3, 0.4) is 0 Å². The summed E-state index contributed by atoms with van der Waals surface area (Å²) in [5.74, 6) is -0.473. The molecule has 3 aromatic carbocycles. The smallest absolute Gasteiger partial charge is 0.323 e. The van der Waals surface area contributed by atoms with Crippen LogP contribution in [-0.4, -0.2) is 11.9 Å². The zero-order valence-electron chi connectivity index (χ0n) is 14.9. The van der Waals surface area contributed by atoms with Gasteiger partial charge in [0.25, 0.3) is 5.91 Å². The zero-order valence-corrected chi connectivity index (χ0v) is 16.5. The Morgan fingerprint density at radius 3 is 2.29 bits per heavy atom. The first kappa shape index (κ1) is 19.4. The number of primary amides is 1. The van der Waals surface area contributed by atoms with Crippen LogP contribution in [0.15, 0.2) is 77.3 Å². The minimum Gasteiger partial charge on any atom is -0.380 e. The summed E-state index contributed by atoms with van der Waals surface area (Å²) < 4.78 is 0.889. The number of halogens is 1. The molecule has 0 aliphatic rings. The highest BCUT2D eigenvalue weighted by atomic mass is 79.9. The second-order valence-corrected chi connectivity index (χ2v) is 6.97. The van der Waals surface area contributed by atoms with Gasteiger partial charge in [0.1, 0.15) is 0 Å². The zero-order chi connectivity index (χ0) is 19.9. The van der Waals surface area contributed by atoms with Gasteiger partial charge in [0.2, 0.25) is 0 Å². The number of carbonyl (C=O) groups excluding carboxylic acids is 2. The van der Waals surface area contributed by atoms with Gasteiger partial charge in [-0.05, 0) is 48.0 Å². The van der Waals surface area contributed by atoms with Crippen LogP contribution in [0.2, 0.25) is 0 Å². The predicted molar refractivity (Wildman–Crippen MR) is 116 cm³/mol. The lowest BCUT2D eigenvalue weighted by Crippen LogP contribution is -2.19. The molecule has 0 heterocycles. The molecule has 0 aromatic heterocycles. The SMILES string of the molecule is NC(=O)c1ccccc1NCc1ccc(NC(=O)Nc2cccc(Br)c2)cc1. The van der Waals surface area contributed by atoms with Crippen molar-refractivity contribution in [2.24, 2.45) is 5.73 Å². The predicted octanol–water partition coefficient (Wildman–Crippen LogP) is 4.80. The number of hydrogen-bond acceptors (Lipinski definition) is 3. The largest absolute Gasteiger partial charge is 0.380 e. The number of rotatable bonds is 6. The Bertz CT molecular complexity index is 990. The number of anilines is 3. The van der Waals surface area contributed by atoms with Crippen molar-refractivity contribution in [3.05, 3.63) is 88.4 Å². The highest BCUT2D eigenvalue weighted by Gasteiger charge is 2.07. The fourth-order valence-corrected chi connectivity index (χ4v) is 3.01. The third kappa shape index (κ3) is 5.34. The summed E-state index contributed by atoms with van der Waals surface area (Å²) in [6.45, 7) is 0.523. The Hall–Kier alpha value is -3.32. The van der Waals surface area contributed by atoms with E-state index in [1.807, 2.05) is 60.7 Å². The molecule has 0 aliphatic heterocycles. The summed E-state index contributed by atoms with van der Waals surface area (Å²) >= 11 is 3.37. The molecule has 0 spiro atoms. The van der Waals surface area contributed by atoms with Crippen molar-refractivity contribution in [2.75, 3.05) is 16.0 Å². The molecule has 3 rings (SSSR count). The number of amides is 3. The maximum absolute atomic E-state index is 12.1. The molecule has 0 radical (unpaired) electrons. The lowest BCUT2D eigenvalue weighted by atomic mass is 10.1. The van der Waals surface area contributed by atoms with Gasteiger partial charge in [-0.3, -0.25) is 4.79 Å². The van der Waals surface area contributed by atoms with E-state index in [1.165, 1.54) is 0 Å². The molecule has 28 heavy (non-hydrogen) atoms. The van der Waals surface area contributed by atoms with Gasteiger partial charge in [-0.15, -0.1) is 0 Å². The minimum atomic E-state index is -0.473. The van der Waals surface area contributed by atoms with Crippen molar-refractivity contribution in [3.8, 4) is 0 Å². The minimum absolute atomic E-state index is 0.320. The summed E-state index contributed by atoms with van der Waals surface area (Å²) in [6.07, 6.45) is 0. The van der Waals surface area contributed by atoms with Crippen LogP contribution in [-0.2, 0) is 6.54 Å². The van der Waals surface area contributed by atoms with Gasteiger partial charge in [-0.1, -0.05) is 46.3 Å². The Labute approximate surface area is 171 Å². The summed E-state index contributed by atoms with van der Waals surface area (Å²) in [5.41, 5.74) is 8.89. The molecule has 0 atom stereocenters. The molecule has 0 unspecified atom stereocenters. The maximum Gasteiger partial charge on any atom is 0.323 e. The Morgan fingerprint density at radius 2 is 1.57 bits per heavy atom. The van der Waals surface area contributed by atoms with Crippen molar-refractivity contribution in [1.29, 1.82) is 0 Å². The molecule has 0 fully saturated rings. The number of nitrogens with one attached hydrogen (secondary N) is 3. The topological polar surface area (TPSA) is 96.2 Å². The van der Waals surface area contributed by atoms with Crippen molar-refractivity contribution in [1.82, 2.24) is 0 Å². The molecule has 0 bridgehead atoms. The van der Waals surface area contributed by atoms with Crippen molar-refractivity contribution in [2.45, 2.75) is 6.54 Å². The number of para-hydroxylation sites is 1. The van der Waals surface area contributed by atoms with Gasteiger partial charge in [-0.25, -0.2) is 4.79 Å². The van der Waals surface area contributed by atoms with Crippen LogP contribution < -0.4 is 21.7 Å². The first-order chi connectivity index (χ1) is 13.5. The average molecular weight is 439 g/mol. The lowest BCUT2D eigenvalue weighted by molar-refractivity contribution is 0.100. The highest BCUT2D eigenvalue weighted by molar-refractivity contribution is 9.10. The quantitative estimate of drug-likeness (QED) is 0.444. The van der Waals surface area contributed by atoms with Crippen molar-refractivity contribution < 1.29 is 9.59 Å². The first-order valence-electron chi connectivity index (χ1n) is 8.56. The number of benzene rings is 3. The monoisotopic (exact) mass is 438 g/mol. The normalized spacial score (nSPS) is 10.2. The van der Waals surface area contributed by atoms with Gasteiger partial charge in [0, 0.05) is 28.1 Å². The molecular formula is C21H19BrN4O2. The van der Waals surface area contributed by atoms with Crippen LogP contribution >= 0.6 is 15.9 Å². The second kappa shape index (κ2) is 9.05. The van der Waals surface area contributed by atoms with E-state index in [1.54, 1.807) is 12.1 Å². The van der Waals surface area contributed by atoms with E-state index in [0.717, 1.165) is 10.0 Å². The fraction of sp³-hybridized carbons (Fsp3) is 0.0476. The number of hydrogen-bond donors (Lipinski definition) is 4. The molecule has 0 saturated heterocycles. The summed E-state index contributed by atoms with van der Waals surface area (Å²) in [5, 5.41) is 8.77. The van der Waals surface area contributed by atoms with Crippen LogP contribution in [0.1, 0.15) is 15.9 Å². The molecule has 3 amide bonds. The van der Waals surface area contributed by atoms with Gasteiger partial charge in [0.15, 0.2) is 0 Å². The van der Waals surface area contributed by atoms with E-state index < -0.39 is 5.91 Å². The van der Waals surface area contributed by atoms with E-state index in [4.69, 9.17) is 5.73 Å².